The van der Waals surface area contributed by atoms with Crippen molar-refractivity contribution in [3.63, 3.8) is 0 Å². The Morgan fingerprint density at radius 3 is 2.17 bits per heavy atom. The zero-order chi connectivity index (χ0) is 4.41. The molecule has 0 aliphatic heterocycles. The predicted octanol–water partition coefficient (Wildman–Crippen LogP) is 2.15. The van der Waals surface area contributed by atoms with Crippen molar-refractivity contribution in [2.45, 2.75) is 32.6 Å². The summed E-state index contributed by atoms with van der Waals surface area (Å²) in [6, 6.07) is 0. The van der Waals surface area contributed by atoms with Crippen molar-refractivity contribution in [3.05, 3.63) is 5.92 Å². The first kappa shape index (κ1) is 4.04. The second kappa shape index (κ2) is 1.55. The number of rotatable bonds is 1. The second-order valence-electron chi connectivity index (χ2n) is 1.96. The molecule has 0 heterocycles. The van der Waals surface area contributed by atoms with Gasteiger partial charge >= 0.3 is 0 Å². The normalized spacial score (nSPS) is 20.5. The Hall–Kier alpha value is -0.130. The quantitative estimate of drug-likeness (QED) is 0.426. The van der Waals surface area contributed by atoms with E-state index in [0.717, 1.165) is 0 Å². The van der Waals surface area contributed by atoms with Gasteiger partial charge in [-0.15, -0.1) is 0 Å². The van der Waals surface area contributed by atoms with E-state index < -0.39 is 0 Å². The van der Waals surface area contributed by atoms with Crippen molar-refractivity contribution < 1.29 is 0 Å². The van der Waals surface area contributed by atoms with Crippen LogP contribution in [0.1, 0.15) is 32.6 Å². The minimum atomic E-state index is 1.33. The van der Waals surface area contributed by atoms with Gasteiger partial charge in [-0.3, -0.25) is 0 Å². The van der Waals surface area contributed by atoms with Gasteiger partial charge in [-0.2, -0.15) is 0 Å². The van der Waals surface area contributed by atoms with E-state index in [1.807, 2.05) is 0 Å². The Kier molecular flexibility index (Phi) is 1.04. The lowest BCUT2D eigenvalue weighted by molar-refractivity contribution is 0.520. The maximum Gasteiger partial charge on any atom is 0.0940 e. The van der Waals surface area contributed by atoms with E-state index in [1.165, 1.54) is 25.7 Å². The van der Waals surface area contributed by atoms with E-state index in [-0.39, 0.29) is 0 Å². The van der Waals surface area contributed by atoms with Crippen LogP contribution in [0.3, 0.4) is 0 Å². The van der Waals surface area contributed by atoms with Crippen LogP contribution in [0.15, 0.2) is 0 Å². The lowest BCUT2D eigenvalue weighted by atomic mass is 9.84. The fourth-order valence-corrected chi connectivity index (χ4v) is 0.780. The molecule has 0 aromatic heterocycles. The molecular formula is C6H11+. The van der Waals surface area contributed by atoms with Gasteiger partial charge in [0.1, 0.15) is 0 Å². The maximum absolute atomic E-state index is 2.24. The van der Waals surface area contributed by atoms with Crippen molar-refractivity contribution in [1.82, 2.24) is 0 Å². The minimum Gasteiger partial charge on any atom is -0.0242 e. The van der Waals surface area contributed by atoms with Gasteiger partial charge in [0.15, 0.2) is 0 Å². The van der Waals surface area contributed by atoms with Gasteiger partial charge in [-0.05, 0) is 6.92 Å². The highest BCUT2D eigenvalue weighted by molar-refractivity contribution is 4.96. The molecule has 6 heavy (non-hydrogen) atoms. The molecule has 0 aromatic rings. The SMILES string of the molecule is CC[C+]1CCC1. The molecule has 0 nitrogen and oxygen atoms in total. The Labute approximate surface area is 39.6 Å². The van der Waals surface area contributed by atoms with Crippen LogP contribution in [-0.4, -0.2) is 0 Å². The summed E-state index contributed by atoms with van der Waals surface area (Å²) >= 11 is 0. The van der Waals surface area contributed by atoms with E-state index in [9.17, 15) is 0 Å². The lowest BCUT2D eigenvalue weighted by Gasteiger charge is -2.10. The fourth-order valence-electron chi connectivity index (χ4n) is 0.780. The van der Waals surface area contributed by atoms with Gasteiger partial charge in [-0.25, -0.2) is 0 Å². The Morgan fingerprint density at radius 1 is 1.50 bits per heavy atom. The van der Waals surface area contributed by atoms with Crippen LogP contribution >= 0.6 is 0 Å². The molecule has 0 bridgehead atoms. The van der Waals surface area contributed by atoms with Crippen LogP contribution < -0.4 is 0 Å². The highest BCUT2D eigenvalue weighted by Gasteiger charge is 2.26. The third kappa shape index (κ3) is 0.515. The molecule has 1 fully saturated rings. The minimum absolute atomic E-state index is 1.33. The van der Waals surface area contributed by atoms with Gasteiger partial charge in [-0.1, -0.05) is 0 Å². The summed E-state index contributed by atoms with van der Waals surface area (Å²) < 4.78 is 0. The Bertz CT molecular complexity index is 32.5. The first-order valence-corrected chi connectivity index (χ1v) is 2.77. The molecule has 0 radical (unpaired) electrons. The van der Waals surface area contributed by atoms with Crippen LogP contribution in [0.4, 0.5) is 0 Å². The highest BCUT2D eigenvalue weighted by atomic mass is 14.2. The van der Waals surface area contributed by atoms with E-state index in [1.54, 1.807) is 5.92 Å². The zero-order valence-electron chi connectivity index (χ0n) is 4.33. The van der Waals surface area contributed by atoms with Gasteiger partial charge in [0.05, 0.1) is 25.2 Å². The van der Waals surface area contributed by atoms with E-state index in [2.05, 4.69) is 6.92 Å². The summed E-state index contributed by atoms with van der Waals surface area (Å²) in [5.41, 5.74) is 0. The molecule has 1 rings (SSSR count). The van der Waals surface area contributed by atoms with Crippen molar-refractivity contribution >= 4 is 0 Å². The van der Waals surface area contributed by atoms with Crippen LogP contribution in [-0.2, 0) is 0 Å². The van der Waals surface area contributed by atoms with E-state index in [0.29, 0.717) is 0 Å². The average Bonchev–Trinajstić information content (AvgIpc) is 1.31. The van der Waals surface area contributed by atoms with Crippen molar-refractivity contribution in [2.75, 3.05) is 0 Å². The van der Waals surface area contributed by atoms with Gasteiger partial charge in [0.2, 0.25) is 0 Å². The number of hydrogen-bond donors (Lipinski definition) is 0. The summed E-state index contributed by atoms with van der Waals surface area (Å²) in [4.78, 5) is 0. The van der Waals surface area contributed by atoms with Crippen molar-refractivity contribution in [3.8, 4) is 0 Å². The summed E-state index contributed by atoms with van der Waals surface area (Å²) in [7, 11) is 0. The summed E-state index contributed by atoms with van der Waals surface area (Å²) in [5.74, 6) is 1.77. The van der Waals surface area contributed by atoms with Crippen LogP contribution in [0, 0.1) is 5.92 Å². The molecule has 1 saturated carbocycles. The largest absolute Gasteiger partial charge is 0.0940 e. The topological polar surface area (TPSA) is 0 Å². The molecule has 1 aliphatic carbocycles. The van der Waals surface area contributed by atoms with Gasteiger partial charge in [0, 0.05) is 6.42 Å². The summed E-state index contributed by atoms with van der Waals surface area (Å²) in [5, 5.41) is 0. The van der Waals surface area contributed by atoms with Crippen molar-refractivity contribution in [1.29, 1.82) is 0 Å². The van der Waals surface area contributed by atoms with Crippen LogP contribution in [0.5, 0.6) is 0 Å². The molecule has 1 aliphatic rings. The van der Waals surface area contributed by atoms with Gasteiger partial charge in [0.25, 0.3) is 0 Å². The van der Waals surface area contributed by atoms with E-state index >= 15 is 0 Å². The fraction of sp³-hybridized carbons (Fsp3) is 0.833. The lowest BCUT2D eigenvalue weighted by Crippen LogP contribution is -2.05. The molecule has 34 valence electrons. The van der Waals surface area contributed by atoms with Crippen LogP contribution in [0.2, 0.25) is 0 Å². The summed E-state index contributed by atoms with van der Waals surface area (Å²) in [6.45, 7) is 2.24. The molecule has 0 unspecified atom stereocenters. The summed E-state index contributed by atoms with van der Waals surface area (Å²) in [6.07, 6.45) is 5.65. The standard InChI is InChI=1S/C6H11/c1-2-6-4-3-5-6/h2-5H2,1H3/q+1. The van der Waals surface area contributed by atoms with E-state index in [4.69, 9.17) is 0 Å². The van der Waals surface area contributed by atoms with Gasteiger partial charge < -0.3 is 0 Å². The zero-order valence-corrected chi connectivity index (χ0v) is 4.33. The average molecular weight is 83.2 g/mol. The first-order chi connectivity index (χ1) is 2.93. The number of hydrogen-bond acceptors (Lipinski definition) is 0. The Balaban J connectivity index is 2.01. The molecule has 0 spiro atoms. The molecule has 0 saturated heterocycles. The van der Waals surface area contributed by atoms with Crippen molar-refractivity contribution in [2.24, 2.45) is 0 Å². The molecule has 0 heteroatoms. The molecular weight excluding hydrogens is 72.1 g/mol. The smallest absolute Gasteiger partial charge is 0.0242 e. The monoisotopic (exact) mass is 83.1 g/mol. The Morgan fingerprint density at radius 2 is 2.17 bits per heavy atom. The maximum atomic E-state index is 2.24. The third-order valence-corrected chi connectivity index (χ3v) is 1.56. The highest BCUT2D eigenvalue weighted by Crippen LogP contribution is 2.30. The molecule has 0 atom stereocenters. The first-order valence-electron chi connectivity index (χ1n) is 2.77. The second-order valence-corrected chi connectivity index (χ2v) is 1.96. The third-order valence-electron chi connectivity index (χ3n) is 1.56. The molecule has 0 amide bonds. The molecule has 0 aromatic carbocycles. The van der Waals surface area contributed by atoms with Crippen LogP contribution in [0.25, 0.3) is 0 Å². The molecule has 0 N–H and O–H groups in total. The predicted molar refractivity (Wildman–Crippen MR) is 27.4 cm³/mol.